The van der Waals surface area contributed by atoms with Crippen molar-refractivity contribution < 1.29 is 0 Å². The predicted octanol–water partition coefficient (Wildman–Crippen LogP) is 2.61. The normalized spacial score (nSPS) is 40.3. The maximum absolute atomic E-state index is 2.53. The van der Waals surface area contributed by atoms with Crippen LogP contribution in [-0.2, 0) is 0 Å². The Morgan fingerprint density at radius 2 is 2.14 bits per heavy atom. The molecule has 0 atom stereocenters. The number of hydrogen-bond donors (Lipinski definition) is 0. The van der Waals surface area contributed by atoms with Crippen LogP contribution in [0.5, 0.6) is 0 Å². The molecule has 1 fully saturated rings. The maximum Gasteiger partial charge on any atom is 0.0115 e. The zero-order valence-electron chi connectivity index (χ0n) is 4.65. The van der Waals surface area contributed by atoms with E-state index < -0.39 is 0 Å². The van der Waals surface area contributed by atoms with Gasteiger partial charge in [-0.2, -0.15) is 0 Å². The molecule has 0 amide bonds. The Balaban J connectivity index is 2.06. The van der Waals surface area contributed by atoms with E-state index in [4.69, 9.17) is 0 Å². The van der Waals surface area contributed by atoms with Gasteiger partial charge in [-0.15, -0.1) is 0 Å². The van der Waals surface area contributed by atoms with Crippen LogP contribution in [0.15, 0.2) is 0 Å². The van der Waals surface area contributed by atoms with Crippen molar-refractivity contribution in [3.05, 3.63) is 0 Å². The first-order valence-corrected chi connectivity index (χ1v) is 4.21. The molecular weight excluding hydrogens is 199 g/mol. The first-order valence-electron chi connectivity index (χ1n) is 2.97. The molecule has 0 aromatic rings. The van der Waals surface area contributed by atoms with Gasteiger partial charge < -0.3 is 0 Å². The van der Waals surface area contributed by atoms with Gasteiger partial charge in [0.2, 0.25) is 0 Å². The third kappa shape index (κ3) is 1.31. The first-order chi connectivity index (χ1) is 3.33. The van der Waals surface area contributed by atoms with Gasteiger partial charge in [-0.05, 0) is 18.8 Å². The third-order valence-corrected chi connectivity index (χ3v) is 2.77. The van der Waals surface area contributed by atoms with E-state index in [1.54, 1.807) is 0 Å². The van der Waals surface area contributed by atoms with Gasteiger partial charge >= 0.3 is 0 Å². The Hall–Kier alpha value is 0.730. The summed E-state index contributed by atoms with van der Waals surface area (Å²) in [5.41, 5.74) is 0. The molecule has 0 spiro atoms. The van der Waals surface area contributed by atoms with Crippen molar-refractivity contribution in [3.63, 3.8) is 0 Å². The molecule has 1 heteroatoms. The quantitative estimate of drug-likeness (QED) is 0.461. The summed E-state index contributed by atoms with van der Waals surface area (Å²) in [7, 11) is 0. The summed E-state index contributed by atoms with van der Waals surface area (Å²) >= 11 is 2.53. The van der Waals surface area contributed by atoms with Crippen LogP contribution in [-0.4, -0.2) is 3.92 Å². The molecule has 0 bridgehead atoms. The lowest BCUT2D eigenvalue weighted by Gasteiger charge is -2.29. The van der Waals surface area contributed by atoms with Crippen molar-refractivity contribution >= 4 is 22.6 Å². The summed E-state index contributed by atoms with van der Waals surface area (Å²) in [4.78, 5) is 0. The van der Waals surface area contributed by atoms with Crippen molar-refractivity contribution in [2.45, 2.75) is 30.1 Å². The topological polar surface area (TPSA) is 0 Å². The maximum atomic E-state index is 2.53. The molecule has 0 aromatic carbocycles. The monoisotopic (exact) mass is 210 g/mol. The van der Waals surface area contributed by atoms with Crippen molar-refractivity contribution in [3.8, 4) is 0 Å². The van der Waals surface area contributed by atoms with E-state index in [1.165, 1.54) is 19.3 Å². The van der Waals surface area contributed by atoms with Gasteiger partial charge in [-0.25, -0.2) is 0 Å². The second kappa shape index (κ2) is 2.33. The molecule has 0 radical (unpaired) electrons. The van der Waals surface area contributed by atoms with E-state index in [0.717, 1.165) is 9.84 Å². The van der Waals surface area contributed by atoms with Gasteiger partial charge in [0.25, 0.3) is 0 Å². The number of hydrogen-bond acceptors (Lipinski definition) is 0. The highest BCUT2D eigenvalue weighted by Crippen LogP contribution is 2.35. The van der Waals surface area contributed by atoms with Crippen molar-refractivity contribution in [1.82, 2.24) is 0 Å². The summed E-state index contributed by atoms with van der Waals surface area (Å²) < 4.78 is 1.02. The standard InChI is InChI=1S/C6H11I/c1-2-5-3-6(7)4-5/h5-6H,2-4H2,1H3. The highest BCUT2D eigenvalue weighted by Gasteiger charge is 2.24. The van der Waals surface area contributed by atoms with E-state index in [2.05, 4.69) is 29.5 Å². The molecule has 1 aliphatic rings. The SMILES string of the molecule is CCC1CC(I)C1. The summed E-state index contributed by atoms with van der Waals surface area (Å²) in [6, 6.07) is 0. The Morgan fingerprint density at radius 1 is 1.57 bits per heavy atom. The third-order valence-electron chi connectivity index (χ3n) is 1.76. The van der Waals surface area contributed by atoms with E-state index in [-0.39, 0.29) is 0 Å². The molecule has 0 nitrogen and oxygen atoms in total. The average Bonchev–Trinajstić information content (AvgIpc) is 1.58. The molecular formula is C6H11I. The summed E-state index contributed by atoms with van der Waals surface area (Å²) in [6.07, 6.45) is 4.37. The zero-order chi connectivity index (χ0) is 5.28. The molecule has 0 saturated heterocycles. The molecule has 0 heterocycles. The molecule has 1 aliphatic carbocycles. The van der Waals surface area contributed by atoms with Gasteiger partial charge in [0.05, 0.1) is 0 Å². The average molecular weight is 210 g/mol. The minimum atomic E-state index is 1.02. The Bertz CT molecular complexity index is 55.2. The van der Waals surface area contributed by atoms with Crippen LogP contribution in [0.25, 0.3) is 0 Å². The van der Waals surface area contributed by atoms with Crippen molar-refractivity contribution in [2.75, 3.05) is 0 Å². The fraction of sp³-hybridized carbons (Fsp3) is 1.00. The fourth-order valence-corrected chi connectivity index (χ4v) is 2.43. The Morgan fingerprint density at radius 3 is 2.29 bits per heavy atom. The second-order valence-corrected chi connectivity index (χ2v) is 4.10. The Labute approximate surface area is 58.8 Å². The minimum Gasteiger partial charge on any atom is -0.0826 e. The van der Waals surface area contributed by atoms with Gasteiger partial charge in [-0.3, -0.25) is 0 Å². The summed E-state index contributed by atoms with van der Waals surface area (Å²) in [5.74, 6) is 1.09. The molecule has 0 aromatic heterocycles. The molecule has 42 valence electrons. The van der Waals surface area contributed by atoms with Crippen molar-refractivity contribution in [2.24, 2.45) is 5.92 Å². The smallest absolute Gasteiger partial charge is 0.0115 e. The van der Waals surface area contributed by atoms with E-state index in [1.807, 2.05) is 0 Å². The molecule has 0 aliphatic heterocycles. The fourth-order valence-electron chi connectivity index (χ4n) is 0.988. The largest absolute Gasteiger partial charge is 0.0826 e. The van der Waals surface area contributed by atoms with E-state index >= 15 is 0 Å². The number of rotatable bonds is 1. The molecule has 0 N–H and O–H groups in total. The molecule has 7 heavy (non-hydrogen) atoms. The van der Waals surface area contributed by atoms with Crippen LogP contribution >= 0.6 is 22.6 Å². The van der Waals surface area contributed by atoms with Crippen LogP contribution in [0.3, 0.4) is 0 Å². The van der Waals surface area contributed by atoms with Gasteiger partial charge in [0, 0.05) is 3.92 Å². The Kier molecular flexibility index (Phi) is 1.95. The predicted molar refractivity (Wildman–Crippen MR) is 40.8 cm³/mol. The first kappa shape index (κ1) is 5.86. The van der Waals surface area contributed by atoms with Crippen molar-refractivity contribution in [1.29, 1.82) is 0 Å². The number of alkyl halides is 1. The lowest BCUT2D eigenvalue weighted by Crippen LogP contribution is -2.22. The van der Waals surface area contributed by atoms with Gasteiger partial charge in [0.1, 0.15) is 0 Å². The van der Waals surface area contributed by atoms with Crippen LogP contribution in [0.4, 0.5) is 0 Å². The van der Waals surface area contributed by atoms with Gasteiger partial charge in [0.15, 0.2) is 0 Å². The van der Waals surface area contributed by atoms with Gasteiger partial charge in [-0.1, -0.05) is 35.9 Å². The lowest BCUT2D eigenvalue weighted by atomic mass is 9.84. The minimum absolute atomic E-state index is 1.02. The highest BCUT2D eigenvalue weighted by molar-refractivity contribution is 14.1. The lowest BCUT2D eigenvalue weighted by molar-refractivity contribution is 0.330. The van der Waals surface area contributed by atoms with E-state index in [0.29, 0.717) is 0 Å². The molecule has 1 rings (SSSR count). The number of halogens is 1. The van der Waals surface area contributed by atoms with E-state index in [9.17, 15) is 0 Å². The second-order valence-electron chi connectivity index (χ2n) is 2.34. The summed E-state index contributed by atoms with van der Waals surface area (Å²) in [5, 5.41) is 0. The highest BCUT2D eigenvalue weighted by atomic mass is 127. The molecule has 1 saturated carbocycles. The molecule has 0 unspecified atom stereocenters. The summed E-state index contributed by atoms with van der Waals surface area (Å²) in [6.45, 7) is 2.28. The zero-order valence-corrected chi connectivity index (χ0v) is 6.81. The van der Waals surface area contributed by atoms with Crippen LogP contribution in [0.2, 0.25) is 0 Å². The van der Waals surface area contributed by atoms with Crippen LogP contribution in [0.1, 0.15) is 26.2 Å². The van der Waals surface area contributed by atoms with Crippen LogP contribution < -0.4 is 0 Å². The van der Waals surface area contributed by atoms with Crippen LogP contribution in [0, 0.1) is 5.92 Å².